The molecule has 0 radical (unpaired) electrons. The molecule has 0 aromatic rings. The summed E-state index contributed by atoms with van der Waals surface area (Å²) in [5, 5.41) is 23.2. The summed E-state index contributed by atoms with van der Waals surface area (Å²) >= 11 is 0. The van der Waals surface area contributed by atoms with Crippen molar-refractivity contribution in [2.45, 2.75) is 347 Å². The lowest BCUT2D eigenvalue weighted by Crippen LogP contribution is -2.45. The Labute approximate surface area is 462 Å². The van der Waals surface area contributed by atoms with E-state index in [4.69, 9.17) is 0 Å². The van der Waals surface area contributed by atoms with Crippen LogP contribution in [-0.4, -0.2) is 34.9 Å². The quantitative estimate of drug-likeness (QED) is 0.0420. The molecular weight excluding hydrogens is 903 g/mol. The summed E-state index contributed by atoms with van der Waals surface area (Å²) < 4.78 is 0. The summed E-state index contributed by atoms with van der Waals surface area (Å²) in [6.07, 6.45) is 95.1. The van der Waals surface area contributed by atoms with E-state index in [1.54, 1.807) is 6.08 Å². The highest BCUT2D eigenvalue weighted by molar-refractivity contribution is 5.76. The third-order valence-electron chi connectivity index (χ3n) is 14.8. The Morgan fingerprint density at radius 1 is 0.338 bits per heavy atom. The van der Waals surface area contributed by atoms with Crippen molar-refractivity contribution >= 4 is 5.91 Å². The van der Waals surface area contributed by atoms with E-state index in [-0.39, 0.29) is 12.5 Å². The van der Waals surface area contributed by atoms with Crippen LogP contribution < -0.4 is 5.32 Å². The molecule has 2 unspecified atom stereocenters. The molecule has 0 saturated heterocycles. The number of carbonyl (C=O) groups is 1. The fourth-order valence-corrected chi connectivity index (χ4v) is 9.91. The molecule has 0 heterocycles. The predicted octanol–water partition coefficient (Wildman–Crippen LogP) is 22.3. The lowest BCUT2D eigenvalue weighted by atomic mass is 10.0. The smallest absolute Gasteiger partial charge is 0.220 e. The number of nitrogens with one attached hydrogen (secondary N) is 1. The van der Waals surface area contributed by atoms with E-state index in [0.717, 1.165) is 64.2 Å². The zero-order chi connectivity index (χ0) is 53.4. The molecule has 0 fully saturated rings. The first-order chi connectivity index (χ1) is 36.7. The molecule has 4 nitrogen and oxygen atoms in total. The van der Waals surface area contributed by atoms with Crippen LogP contribution in [0.15, 0.2) is 85.1 Å². The van der Waals surface area contributed by atoms with Gasteiger partial charge in [-0.1, -0.05) is 330 Å². The fraction of sp³-hybridized carbons (Fsp3) is 0.786. The Morgan fingerprint density at radius 3 is 0.946 bits per heavy atom. The van der Waals surface area contributed by atoms with Crippen LogP contribution in [0.5, 0.6) is 0 Å². The van der Waals surface area contributed by atoms with E-state index >= 15 is 0 Å². The Balaban J connectivity index is 3.51. The lowest BCUT2D eigenvalue weighted by Gasteiger charge is -2.19. The van der Waals surface area contributed by atoms with E-state index in [2.05, 4.69) is 92.1 Å². The molecule has 0 rings (SSSR count). The molecular formula is C70H127NO3. The van der Waals surface area contributed by atoms with Crippen molar-refractivity contribution in [3.05, 3.63) is 85.1 Å². The molecule has 0 aromatic carbocycles. The molecule has 0 aliphatic carbocycles. The second-order valence-electron chi connectivity index (χ2n) is 22.1. The van der Waals surface area contributed by atoms with Crippen LogP contribution in [0.4, 0.5) is 0 Å². The summed E-state index contributed by atoms with van der Waals surface area (Å²) in [5.41, 5.74) is 0. The van der Waals surface area contributed by atoms with Crippen LogP contribution >= 0.6 is 0 Å². The van der Waals surface area contributed by atoms with Crippen molar-refractivity contribution in [2.75, 3.05) is 6.61 Å². The van der Waals surface area contributed by atoms with Gasteiger partial charge in [0.25, 0.3) is 0 Å². The maximum atomic E-state index is 12.5. The summed E-state index contributed by atoms with van der Waals surface area (Å²) in [6.45, 7) is 4.21. The highest BCUT2D eigenvalue weighted by atomic mass is 16.3. The first-order valence-electron chi connectivity index (χ1n) is 32.8. The van der Waals surface area contributed by atoms with Gasteiger partial charge >= 0.3 is 0 Å². The Kier molecular flexibility index (Phi) is 62.7. The summed E-state index contributed by atoms with van der Waals surface area (Å²) in [6, 6.07) is -0.650. The number of rotatable bonds is 60. The molecule has 0 aliphatic heterocycles. The van der Waals surface area contributed by atoms with Crippen molar-refractivity contribution in [2.24, 2.45) is 0 Å². The van der Waals surface area contributed by atoms with Crippen molar-refractivity contribution < 1.29 is 15.0 Å². The minimum atomic E-state index is -0.875. The monoisotopic (exact) mass is 1030 g/mol. The van der Waals surface area contributed by atoms with Gasteiger partial charge in [-0.25, -0.2) is 0 Å². The number of unbranched alkanes of at least 4 members (excludes halogenated alkanes) is 41. The largest absolute Gasteiger partial charge is 0.394 e. The number of aliphatic hydroxyl groups excluding tert-OH is 2. The average Bonchev–Trinajstić information content (AvgIpc) is 3.40. The minimum absolute atomic E-state index is 0.0754. The number of amides is 1. The Hall–Kier alpha value is -2.43. The number of hydrogen-bond donors (Lipinski definition) is 3. The highest BCUT2D eigenvalue weighted by Gasteiger charge is 2.18. The second kappa shape index (κ2) is 64.9. The maximum Gasteiger partial charge on any atom is 0.220 e. The zero-order valence-electron chi connectivity index (χ0n) is 49.6. The Morgan fingerprint density at radius 2 is 0.608 bits per heavy atom. The number of carbonyl (C=O) groups excluding carboxylic acids is 1. The molecule has 430 valence electrons. The molecule has 74 heavy (non-hydrogen) atoms. The minimum Gasteiger partial charge on any atom is -0.394 e. The third kappa shape index (κ3) is 60.4. The molecule has 0 aromatic heterocycles. The van der Waals surface area contributed by atoms with Crippen LogP contribution in [0.1, 0.15) is 335 Å². The van der Waals surface area contributed by atoms with Crippen molar-refractivity contribution in [1.82, 2.24) is 5.32 Å². The van der Waals surface area contributed by atoms with Gasteiger partial charge < -0.3 is 15.5 Å². The van der Waals surface area contributed by atoms with E-state index in [1.165, 1.54) is 250 Å². The SMILES string of the molecule is CC/C=C\C/C=C\C/C=C\C/C=C\CCCCCCCCCCCCCCCCCCCCC(=O)NC(CO)C(O)/C=C/CC/C=C/CC/C=C/CCCCCCCCCCCCCCCCCCCCCCC. The van der Waals surface area contributed by atoms with Crippen molar-refractivity contribution in [1.29, 1.82) is 0 Å². The van der Waals surface area contributed by atoms with Gasteiger partial charge in [0, 0.05) is 6.42 Å². The van der Waals surface area contributed by atoms with Crippen LogP contribution in [0.2, 0.25) is 0 Å². The van der Waals surface area contributed by atoms with Gasteiger partial charge in [0.2, 0.25) is 5.91 Å². The van der Waals surface area contributed by atoms with E-state index in [1.807, 2.05) is 6.08 Å². The van der Waals surface area contributed by atoms with Crippen molar-refractivity contribution in [3.63, 3.8) is 0 Å². The normalized spacial score (nSPS) is 13.3. The van der Waals surface area contributed by atoms with Crippen LogP contribution in [-0.2, 0) is 4.79 Å². The first kappa shape index (κ1) is 71.6. The van der Waals surface area contributed by atoms with Gasteiger partial charge in [0.1, 0.15) is 0 Å². The second-order valence-corrected chi connectivity index (χ2v) is 22.1. The fourth-order valence-electron chi connectivity index (χ4n) is 9.91. The van der Waals surface area contributed by atoms with E-state index in [9.17, 15) is 15.0 Å². The zero-order valence-corrected chi connectivity index (χ0v) is 49.6. The molecule has 2 atom stereocenters. The molecule has 4 heteroatoms. The first-order valence-corrected chi connectivity index (χ1v) is 32.8. The summed E-state index contributed by atoms with van der Waals surface area (Å²) in [7, 11) is 0. The van der Waals surface area contributed by atoms with E-state index in [0.29, 0.717) is 6.42 Å². The lowest BCUT2D eigenvalue weighted by molar-refractivity contribution is -0.123. The molecule has 0 saturated carbocycles. The predicted molar refractivity (Wildman–Crippen MR) is 331 cm³/mol. The molecule has 1 amide bonds. The van der Waals surface area contributed by atoms with Gasteiger partial charge in [0.05, 0.1) is 18.8 Å². The molecule has 3 N–H and O–H groups in total. The topological polar surface area (TPSA) is 69.6 Å². The Bertz CT molecular complexity index is 1310. The number of allylic oxidation sites excluding steroid dienone is 13. The summed E-state index contributed by atoms with van der Waals surface area (Å²) in [4.78, 5) is 12.5. The number of aliphatic hydroxyl groups is 2. The van der Waals surface area contributed by atoms with Crippen LogP contribution in [0, 0.1) is 0 Å². The molecule has 0 bridgehead atoms. The van der Waals surface area contributed by atoms with Crippen LogP contribution in [0.25, 0.3) is 0 Å². The van der Waals surface area contributed by atoms with E-state index < -0.39 is 12.1 Å². The van der Waals surface area contributed by atoms with Gasteiger partial charge in [-0.05, 0) is 83.5 Å². The molecule has 0 aliphatic rings. The third-order valence-corrected chi connectivity index (χ3v) is 14.8. The van der Waals surface area contributed by atoms with Gasteiger partial charge in [-0.15, -0.1) is 0 Å². The summed E-state index contributed by atoms with van der Waals surface area (Å²) in [5.74, 6) is -0.0754. The maximum absolute atomic E-state index is 12.5. The number of hydrogen-bond acceptors (Lipinski definition) is 3. The highest BCUT2D eigenvalue weighted by Crippen LogP contribution is 2.18. The molecule has 0 spiro atoms. The standard InChI is InChI=1S/C70H127NO3/c1-3-5-7-9-11-13-15-17-19-21-23-25-27-29-31-33-35-37-39-41-43-45-47-49-51-53-55-57-59-61-63-65-69(73)68(67-72)71-70(74)66-64-62-60-58-56-54-52-50-48-46-44-42-40-38-36-34-32-30-28-26-24-22-20-18-16-14-12-10-8-6-4-2/h6,8,12,14,18,20,24,26,47,49,55,57,63,65,68-69,72-73H,3-5,7,9-11,13,15-17,19,21-23,25,27-46,48,50-54,56,58-62,64,66-67H2,1-2H3,(H,71,74)/b8-6-,14-12-,20-18-,26-24-,49-47+,57-55+,65-63+. The van der Waals surface area contributed by atoms with Gasteiger partial charge in [-0.2, -0.15) is 0 Å². The van der Waals surface area contributed by atoms with Gasteiger partial charge in [0.15, 0.2) is 0 Å². The van der Waals surface area contributed by atoms with Crippen molar-refractivity contribution in [3.8, 4) is 0 Å². The van der Waals surface area contributed by atoms with Crippen LogP contribution in [0.3, 0.4) is 0 Å². The average molecular weight is 1030 g/mol. The van der Waals surface area contributed by atoms with Gasteiger partial charge in [-0.3, -0.25) is 4.79 Å².